The molecule has 0 aliphatic rings. The van der Waals surface area contributed by atoms with Gasteiger partial charge in [-0.2, -0.15) is 0 Å². The highest BCUT2D eigenvalue weighted by Crippen LogP contribution is 2.24. The fourth-order valence-electron chi connectivity index (χ4n) is 2.49. The molecule has 0 amide bonds. The molecule has 0 aliphatic heterocycles. The van der Waals surface area contributed by atoms with Crippen LogP contribution in [0.25, 0.3) is 11.2 Å². The van der Waals surface area contributed by atoms with Crippen molar-refractivity contribution >= 4 is 46.0 Å². The van der Waals surface area contributed by atoms with Crippen LogP contribution in [0.15, 0.2) is 24.5 Å². The lowest BCUT2D eigenvalue weighted by atomic mass is 10.1. The number of imidazole rings is 1. The summed E-state index contributed by atoms with van der Waals surface area (Å²) in [6.07, 6.45) is 7.88. The number of unbranched alkanes of at least 4 members (excludes halogenated alkanes) is 1. The summed E-state index contributed by atoms with van der Waals surface area (Å²) >= 11 is 12.0. The minimum Gasteiger partial charge on any atom is -0.382 e. The number of anilines is 1. The number of carbonyl (C=O) groups excluding carboxylic acids is 1. The molecule has 0 bridgehead atoms. The van der Waals surface area contributed by atoms with Gasteiger partial charge in [0.1, 0.15) is 6.33 Å². The van der Waals surface area contributed by atoms with Gasteiger partial charge in [0, 0.05) is 28.6 Å². The quantitative estimate of drug-likeness (QED) is 0.420. The minimum absolute atomic E-state index is 0.192. The molecule has 0 atom stereocenters. The van der Waals surface area contributed by atoms with Crippen LogP contribution in [-0.2, 0) is 6.54 Å². The minimum atomic E-state index is -0.331. The summed E-state index contributed by atoms with van der Waals surface area (Å²) in [4.78, 5) is 25.4. The Morgan fingerprint density at radius 2 is 1.96 bits per heavy atom. The van der Waals surface area contributed by atoms with Crippen LogP contribution in [0.1, 0.15) is 29.0 Å². The molecule has 0 spiro atoms. The molecule has 0 saturated carbocycles. The molecule has 0 unspecified atom stereocenters. The Hall–Kier alpha value is -2.62. The summed E-state index contributed by atoms with van der Waals surface area (Å²) < 4.78 is 1.70. The fourth-order valence-corrected chi connectivity index (χ4v) is 3.02. The van der Waals surface area contributed by atoms with Gasteiger partial charge in [-0.25, -0.2) is 15.0 Å². The van der Waals surface area contributed by atoms with E-state index in [2.05, 4.69) is 20.9 Å². The molecule has 1 aromatic carbocycles. The molecule has 3 aromatic rings. The van der Waals surface area contributed by atoms with Crippen LogP contribution in [0.3, 0.4) is 0 Å². The van der Waals surface area contributed by atoms with Gasteiger partial charge in [-0.1, -0.05) is 23.2 Å². The van der Waals surface area contributed by atoms with Crippen LogP contribution < -0.4 is 5.73 Å². The van der Waals surface area contributed by atoms with Crippen molar-refractivity contribution in [1.29, 1.82) is 0 Å². The molecular formula is C17H13Cl2N5O. The number of ketones is 1. The highest BCUT2D eigenvalue weighted by molar-refractivity contribution is 6.35. The average Bonchev–Trinajstić information content (AvgIpc) is 2.94. The highest BCUT2D eigenvalue weighted by Gasteiger charge is 2.22. The lowest BCUT2D eigenvalue weighted by Crippen LogP contribution is -2.12. The average molecular weight is 374 g/mol. The summed E-state index contributed by atoms with van der Waals surface area (Å²) in [7, 11) is 0. The van der Waals surface area contributed by atoms with E-state index in [4.69, 9.17) is 35.4 Å². The van der Waals surface area contributed by atoms with E-state index in [1.165, 1.54) is 18.5 Å². The lowest BCUT2D eigenvalue weighted by Gasteiger charge is -2.07. The Kier molecular flexibility index (Phi) is 4.88. The van der Waals surface area contributed by atoms with Gasteiger partial charge in [-0.3, -0.25) is 4.79 Å². The number of carbonyl (C=O) groups is 1. The van der Waals surface area contributed by atoms with E-state index < -0.39 is 0 Å². The number of hydrogen-bond acceptors (Lipinski definition) is 5. The molecule has 2 heterocycles. The molecule has 6 nitrogen and oxygen atoms in total. The number of benzene rings is 1. The van der Waals surface area contributed by atoms with Crippen molar-refractivity contribution in [2.45, 2.75) is 19.4 Å². The first-order chi connectivity index (χ1) is 12.0. The Morgan fingerprint density at radius 1 is 1.24 bits per heavy atom. The third kappa shape index (κ3) is 3.43. The molecule has 3 rings (SSSR count). The monoisotopic (exact) mass is 373 g/mol. The van der Waals surface area contributed by atoms with Crippen molar-refractivity contribution in [3.63, 3.8) is 0 Å². The van der Waals surface area contributed by atoms with Gasteiger partial charge in [0.15, 0.2) is 22.8 Å². The third-order valence-corrected chi connectivity index (χ3v) is 4.03. The van der Waals surface area contributed by atoms with E-state index in [-0.39, 0.29) is 17.4 Å². The number of rotatable bonds is 5. The summed E-state index contributed by atoms with van der Waals surface area (Å²) in [6.45, 7) is 0.479. The summed E-state index contributed by atoms with van der Waals surface area (Å²) in [5.41, 5.74) is 7.06. The number of hydrogen-bond donors (Lipinski definition) is 1. The maximum absolute atomic E-state index is 13.0. The van der Waals surface area contributed by atoms with Crippen molar-refractivity contribution in [2.24, 2.45) is 0 Å². The molecule has 25 heavy (non-hydrogen) atoms. The molecule has 0 saturated heterocycles. The topological polar surface area (TPSA) is 86.7 Å². The van der Waals surface area contributed by atoms with Gasteiger partial charge < -0.3 is 10.3 Å². The first-order valence-corrected chi connectivity index (χ1v) is 8.18. The third-order valence-electron chi connectivity index (χ3n) is 3.59. The maximum Gasteiger partial charge on any atom is 0.228 e. The predicted molar refractivity (Wildman–Crippen MR) is 97.7 cm³/mol. The highest BCUT2D eigenvalue weighted by atomic mass is 35.5. The Morgan fingerprint density at radius 3 is 2.64 bits per heavy atom. The van der Waals surface area contributed by atoms with Crippen molar-refractivity contribution in [1.82, 2.24) is 19.5 Å². The second-order valence-corrected chi connectivity index (χ2v) is 6.19. The van der Waals surface area contributed by atoms with Gasteiger partial charge >= 0.3 is 0 Å². The van der Waals surface area contributed by atoms with Crippen LogP contribution in [0.5, 0.6) is 0 Å². The SMILES string of the molecule is C#CCCCn1c(C(=O)c2cc(Cl)cc(Cl)c2)nc2c(N)ncnc21. The standard InChI is InChI=1S/C17H13Cl2N5O/c1-2-3-4-5-24-16-13(15(20)21-9-22-16)23-17(24)14(25)10-6-11(18)8-12(19)7-10/h1,6-9H,3-5H2,(H2,20,21,22). The number of nitrogens with two attached hydrogens (primary N) is 1. The second-order valence-electron chi connectivity index (χ2n) is 5.31. The summed E-state index contributed by atoms with van der Waals surface area (Å²) in [6, 6.07) is 4.63. The number of aromatic nitrogens is 4. The zero-order valence-electron chi connectivity index (χ0n) is 13.0. The van der Waals surface area contributed by atoms with Crippen molar-refractivity contribution in [2.75, 3.05) is 5.73 Å². The molecule has 8 heteroatoms. The molecule has 2 aromatic heterocycles. The van der Waals surface area contributed by atoms with Crippen LogP contribution in [0, 0.1) is 12.3 Å². The molecule has 0 fully saturated rings. The molecule has 2 N–H and O–H groups in total. The van der Waals surface area contributed by atoms with Crippen LogP contribution >= 0.6 is 23.2 Å². The van der Waals surface area contributed by atoms with Crippen LogP contribution in [0.4, 0.5) is 5.82 Å². The van der Waals surface area contributed by atoms with Crippen molar-refractivity contribution in [3.05, 3.63) is 46.0 Å². The van der Waals surface area contributed by atoms with E-state index in [0.717, 1.165) is 0 Å². The molecule has 126 valence electrons. The number of nitrogens with zero attached hydrogens (tertiary/aromatic N) is 4. The van der Waals surface area contributed by atoms with Gasteiger partial charge in [0.2, 0.25) is 5.78 Å². The summed E-state index contributed by atoms with van der Waals surface area (Å²) in [5, 5.41) is 0.732. The number of nitrogen functional groups attached to an aromatic ring is 1. The predicted octanol–water partition coefficient (Wildman–Crippen LogP) is 3.36. The van der Waals surface area contributed by atoms with E-state index in [0.29, 0.717) is 46.2 Å². The van der Waals surface area contributed by atoms with Crippen molar-refractivity contribution in [3.8, 4) is 12.3 Å². The number of halogens is 2. The van der Waals surface area contributed by atoms with Gasteiger partial charge in [0.25, 0.3) is 0 Å². The van der Waals surface area contributed by atoms with Crippen LogP contribution in [0.2, 0.25) is 10.0 Å². The normalized spacial score (nSPS) is 10.8. The fraction of sp³-hybridized carbons (Fsp3) is 0.176. The number of terminal acetylenes is 1. The van der Waals surface area contributed by atoms with Gasteiger partial charge in [-0.15, -0.1) is 12.3 Å². The van der Waals surface area contributed by atoms with Gasteiger partial charge in [-0.05, 0) is 24.6 Å². The first-order valence-electron chi connectivity index (χ1n) is 7.42. The molecular weight excluding hydrogens is 361 g/mol. The molecule has 0 aliphatic carbocycles. The van der Waals surface area contributed by atoms with E-state index in [9.17, 15) is 4.79 Å². The van der Waals surface area contributed by atoms with E-state index in [1.807, 2.05) is 0 Å². The smallest absolute Gasteiger partial charge is 0.228 e. The zero-order chi connectivity index (χ0) is 18.0. The van der Waals surface area contributed by atoms with E-state index in [1.54, 1.807) is 10.6 Å². The molecule has 0 radical (unpaired) electrons. The zero-order valence-corrected chi connectivity index (χ0v) is 14.6. The second kappa shape index (κ2) is 7.09. The van der Waals surface area contributed by atoms with E-state index >= 15 is 0 Å². The summed E-state index contributed by atoms with van der Waals surface area (Å²) in [5.74, 6) is 2.64. The largest absolute Gasteiger partial charge is 0.382 e. The Labute approximate surface area is 154 Å². The number of aryl methyl sites for hydroxylation is 1. The Balaban J connectivity index is 2.13. The lowest BCUT2D eigenvalue weighted by molar-refractivity contribution is 0.102. The number of fused-ring (bicyclic) bond motifs is 1. The van der Waals surface area contributed by atoms with Crippen LogP contribution in [-0.4, -0.2) is 25.3 Å². The van der Waals surface area contributed by atoms with Crippen molar-refractivity contribution < 1.29 is 4.79 Å². The Bertz CT molecular complexity index is 986. The maximum atomic E-state index is 13.0. The van der Waals surface area contributed by atoms with Gasteiger partial charge in [0.05, 0.1) is 0 Å². The first kappa shape index (κ1) is 17.2.